The maximum Gasteiger partial charge on any atom is 0.244 e. The minimum atomic E-state index is -0.624. The van der Waals surface area contributed by atoms with Crippen LogP contribution in [0.25, 0.3) is 0 Å². The monoisotopic (exact) mass is 358 g/mol. The lowest BCUT2D eigenvalue weighted by molar-refractivity contribution is -0.115. The van der Waals surface area contributed by atoms with E-state index in [9.17, 15) is 4.79 Å². The summed E-state index contributed by atoms with van der Waals surface area (Å²) < 4.78 is 1.83. The van der Waals surface area contributed by atoms with Crippen LogP contribution in [-0.2, 0) is 17.1 Å². The summed E-state index contributed by atoms with van der Waals surface area (Å²) >= 11 is 13.4. The van der Waals surface area contributed by atoms with Crippen LogP contribution < -0.4 is 5.32 Å². The average Bonchev–Trinajstić information content (AvgIpc) is 2.88. The molecule has 0 aliphatic carbocycles. The Bertz CT molecular complexity index is 660. The van der Waals surface area contributed by atoms with Crippen molar-refractivity contribution in [1.29, 1.82) is 0 Å². The Morgan fingerprint density at radius 2 is 2.14 bits per heavy atom. The van der Waals surface area contributed by atoms with E-state index in [-0.39, 0.29) is 5.91 Å². The van der Waals surface area contributed by atoms with Gasteiger partial charge in [-0.05, 0) is 25.5 Å². The zero-order chi connectivity index (χ0) is 16.1. The van der Waals surface area contributed by atoms with E-state index in [1.54, 1.807) is 6.92 Å². The molecule has 1 atom stereocenters. The number of rotatable bonds is 6. The minimum Gasteiger partial charge on any atom is -0.293 e. The fourth-order valence-electron chi connectivity index (χ4n) is 1.74. The van der Waals surface area contributed by atoms with Crippen molar-refractivity contribution in [2.75, 3.05) is 5.32 Å². The number of anilines is 1. The number of nitrogens with zero attached hydrogens (tertiary/aromatic N) is 3. The van der Waals surface area contributed by atoms with Crippen LogP contribution in [0, 0.1) is 0 Å². The molecule has 0 aliphatic heterocycles. The maximum atomic E-state index is 11.7. The summed E-state index contributed by atoms with van der Waals surface area (Å²) in [5.41, 5.74) is 1.03. The van der Waals surface area contributed by atoms with Crippen molar-refractivity contribution in [3.63, 3.8) is 0 Å². The Morgan fingerprint density at radius 3 is 2.77 bits per heavy atom. The number of carbonyl (C=O) groups excluding carboxylic acids is 1. The summed E-state index contributed by atoms with van der Waals surface area (Å²) in [7, 11) is 0. The number of hydrogen-bond acceptors (Lipinski definition) is 4. The van der Waals surface area contributed by atoms with Gasteiger partial charge in [-0.3, -0.25) is 14.7 Å². The van der Waals surface area contributed by atoms with Crippen LogP contribution in [0.15, 0.2) is 29.4 Å². The first-order valence-corrected chi connectivity index (χ1v) is 8.57. The van der Waals surface area contributed by atoms with Crippen molar-refractivity contribution in [3.8, 4) is 0 Å². The van der Waals surface area contributed by atoms with Crippen LogP contribution in [-0.4, -0.2) is 26.0 Å². The number of amides is 1. The first-order chi connectivity index (χ1) is 10.5. The molecule has 5 nitrogen and oxygen atoms in total. The summed E-state index contributed by atoms with van der Waals surface area (Å²) in [6.07, 6.45) is 0. The van der Waals surface area contributed by atoms with Gasteiger partial charge in [-0.2, -0.15) is 0 Å². The second kappa shape index (κ2) is 7.85. The third-order valence-electron chi connectivity index (χ3n) is 2.94. The quantitative estimate of drug-likeness (QED) is 0.629. The number of alkyl halides is 1. The number of nitrogens with one attached hydrogen (secondary N) is 1. The molecule has 2 aromatic rings. The van der Waals surface area contributed by atoms with Crippen molar-refractivity contribution in [2.24, 2.45) is 0 Å². The van der Waals surface area contributed by atoms with Gasteiger partial charge in [0.2, 0.25) is 11.9 Å². The SMILES string of the molecule is CCn1c(NC(=O)C(C)Cl)nnc1SCc1ccccc1Cl. The minimum absolute atomic E-state index is 0.300. The van der Waals surface area contributed by atoms with Gasteiger partial charge in [-0.15, -0.1) is 21.8 Å². The third-order valence-corrected chi connectivity index (χ3v) is 4.53. The standard InChI is InChI=1S/C14H16Cl2N4OS/c1-3-20-13(17-12(21)9(2)15)18-19-14(20)22-8-10-6-4-5-7-11(10)16/h4-7,9H,3,8H2,1-2H3,(H,17,18,21). The molecule has 0 bridgehead atoms. The van der Waals surface area contributed by atoms with Crippen LogP contribution >= 0.6 is 35.0 Å². The maximum absolute atomic E-state index is 11.7. The largest absolute Gasteiger partial charge is 0.293 e. The van der Waals surface area contributed by atoms with Gasteiger partial charge in [0.1, 0.15) is 5.38 Å². The number of benzene rings is 1. The normalized spacial score (nSPS) is 12.2. The van der Waals surface area contributed by atoms with Crippen molar-refractivity contribution >= 4 is 46.8 Å². The van der Waals surface area contributed by atoms with Gasteiger partial charge in [-0.1, -0.05) is 41.6 Å². The lowest BCUT2D eigenvalue weighted by Gasteiger charge is -2.09. The molecular formula is C14H16Cl2N4OS. The topological polar surface area (TPSA) is 59.8 Å². The van der Waals surface area contributed by atoms with Gasteiger partial charge in [0.25, 0.3) is 0 Å². The van der Waals surface area contributed by atoms with Crippen molar-refractivity contribution in [2.45, 2.75) is 36.7 Å². The zero-order valence-electron chi connectivity index (χ0n) is 12.2. The van der Waals surface area contributed by atoms with Gasteiger partial charge >= 0.3 is 0 Å². The summed E-state index contributed by atoms with van der Waals surface area (Å²) in [6.45, 7) is 4.21. The number of halogens is 2. The molecule has 2 rings (SSSR count). The molecule has 1 N–H and O–H groups in total. The lowest BCUT2D eigenvalue weighted by Crippen LogP contribution is -2.22. The smallest absolute Gasteiger partial charge is 0.244 e. The lowest BCUT2D eigenvalue weighted by atomic mass is 10.2. The van der Waals surface area contributed by atoms with E-state index >= 15 is 0 Å². The molecule has 1 aromatic heterocycles. The molecule has 0 aliphatic rings. The van der Waals surface area contributed by atoms with Gasteiger partial charge in [0, 0.05) is 17.3 Å². The molecule has 0 saturated carbocycles. The molecule has 1 unspecified atom stereocenters. The number of carbonyl (C=O) groups is 1. The van der Waals surface area contributed by atoms with Crippen molar-refractivity contribution in [1.82, 2.24) is 14.8 Å². The van der Waals surface area contributed by atoms with Gasteiger partial charge in [-0.25, -0.2) is 0 Å². The summed E-state index contributed by atoms with van der Waals surface area (Å²) in [5, 5.41) is 11.6. The van der Waals surface area contributed by atoms with E-state index in [0.29, 0.717) is 18.2 Å². The molecule has 0 fully saturated rings. The Balaban J connectivity index is 2.10. The summed E-state index contributed by atoms with van der Waals surface area (Å²) in [6, 6.07) is 7.67. The average molecular weight is 359 g/mol. The Morgan fingerprint density at radius 1 is 1.41 bits per heavy atom. The van der Waals surface area contributed by atoms with E-state index < -0.39 is 5.38 Å². The number of hydrogen-bond donors (Lipinski definition) is 1. The fourth-order valence-corrected chi connectivity index (χ4v) is 3.08. The highest BCUT2D eigenvalue weighted by Gasteiger charge is 2.16. The van der Waals surface area contributed by atoms with Gasteiger partial charge in [0.15, 0.2) is 5.16 Å². The van der Waals surface area contributed by atoms with E-state index in [2.05, 4.69) is 15.5 Å². The second-order valence-electron chi connectivity index (χ2n) is 4.54. The summed E-state index contributed by atoms with van der Waals surface area (Å²) in [4.78, 5) is 11.7. The van der Waals surface area contributed by atoms with Crippen LogP contribution in [0.4, 0.5) is 5.95 Å². The number of aromatic nitrogens is 3. The molecule has 0 spiro atoms. The Kier molecular flexibility index (Phi) is 6.11. The first kappa shape index (κ1) is 17.1. The Hall–Kier alpha value is -1.24. The van der Waals surface area contributed by atoms with E-state index in [4.69, 9.17) is 23.2 Å². The molecule has 1 amide bonds. The van der Waals surface area contributed by atoms with Crippen LogP contribution in [0.5, 0.6) is 0 Å². The molecule has 0 saturated heterocycles. The van der Waals surface area contributed by atoms with Gasteiger partial charge < -0.3 is 0 Å². The summed E-state index contributed by atoms with van der Waals surface area (Å²) in [5.74, 6) is 0.783. The molecular weight excluding hydrogens is 343 g/mol. The molecule has 8 heteroatoms. The van der Waals surface area contributed by atoms with Crippen molar-refractivity contribution in [3.05, 3.63) is 34.9 Å². The van der Waals surface area contributed by atoms with Crippen LogP contribution in [0.3, 0.4) is 0 Å². The molecule has 22 heavy (non-hydrogen) atoms. The van der Waals surface area contributed by atoms with E-state index in [1.165, 1.54) is 11.8 Å². The van der Waals surface area contributed by atoms with Gasteiger partial charge in [0.05, 0.1) is 0 Å². The zero-order valence-corrected chi connectivity index (χ0v) is 14.5. The van der Waals surface area contributed by atoms with Crippen LogP contribution in [0.1, 0.15) is 19.4 Å². The predicted molar refractivity (Wildman–Crippen MR) is 90.7 cm³/mol. The van der Waals surface area contributed by atoms with E-state index in [0.717, 1.165) is 15.7 Å². The van der Waals surface area contributed by atoms with Crippen LogP contribution in [0.2, 0.25) is 5.02 Å². The molecule has 118 valence electrons. The molecule has 1 heterocycles. The highest BCUT2D eigenvalue weighted by atomic mass is 35.5. The first-order valence-electron chi connectivity index (χ1n) is 6.77. The highest BCUT2D eigenvalue weighted by Crippen LogP contribution is 2.27. The third kappa shape index (κ3) is 4.15. The fraction of sp³-hybridized carbons (Fsp3) is 0.357. The second-order valence-corrected chi connectivity index (χ2v) is 6.54. The molecule has 0 radical (unpaired) electrons. The highest BCUT2D eigenvalue weighted by molar-refractivity contribution is 7.98. The predicted octanol–water partition coefficient (Wildman–Crippen LogP) is 3.81. The molecule has 1 aromatic carbocycles. The van der Waals surface area contributed by atoms with E-state index in [1.807, 2.05) is 35.8 Å². The van der Waals surface area contributed by atoms with Crippen molar-refractivity contribution < 1.29 is 4.79 Å². The number of thioether (sulfide) groups is 1. The Labute approximate surface area is 143 Å².